The predicted octanol–water partition coefficient (Wildman–Crippen LogP) is -0.314. The first-order valence-electron chi connectivity index (χ1n) is 7.03. The Hall–Kier alpha value is -2.12. The molecule has 0 radical (unpaired) electrons. The molecular formula is C13H19N3O5. The number of hydrogen-bond acceptors (Lipinski definition) is 4. The molecule has 0 aromatic carbocycles. The number of carboxylic acid groups (broad SMARTS) is 1. The van der Waals surface area contributed by atoms with E-state index in [0.29, 0.717) is 12.8 Å². The third-order valence-electron chi connectivity index (χ3n) is 4.08. The Morgan fingerprint density at radius 3 is 2.62 bits per heavy atom. The molecule has 21 heavy (non-hydrogen) atoms. The van der Waals surface area contributed by atoms with Gasteiger partial charge in [-0.3, -0.25) is 19.7 Å². The number of urea groups is 1. The van der Waals surface area contributed by atoms with Gasteiger partial charge in [-0.25, -0.2) is 4.79 Å². The third kappa shape index (κ3) is 3.32. The molecule has 1 saturated heterocycles. The van der Waals surface area contributed by atoms with Crippen molar-refractivity contribution in [3.05, 3.63) is 0 Å². The van der Waals surface area contributed by atoms with Gasteiger partial charge in [0.05, 0.1) is 5.92 Å². The van der Waals surface area contributed by atoms with E-state index in [2.05, 4.69) is 10.6 Å². The smallest absolute Gasteiger partial charge is 0.318 e. The van der Waals surface area contributed by atoms with Gasteiger partial charge in [0.25, 0.3) is 0 Å². The van der Waals surface area contributed by atoms with Crippen LogP contribution in [0.2, 0.25) is 0 Å². The molecule has 1 aliphatic heterocycles. The van der Waals surface area contributed by atoms with Crippen molar-refractivity contribution in [2.24, 2.45) is 5.92 Å². The number of nitrogens with one attached hydrogen (secondary N) is 2. The minimum atomic E-state index is -0.930. The lowest BCUT2D eigenvalue weighted by molar-refractivity contribution is -0.144. The first-order valence-corrected chi connectivity index (χ1v) is 7.03. The van der Waals surface area contributed by atoms with Crippen molar-refractivity contribution in [1.29, 1.82) is 0 Å². The molecule has 3 atom stereocenters. The Morgan fingerprint density at radius 2 is 1.95 bits per heavy atom. The average molecular weight is 297 g/mol. The van der Waals surface area contributed by atoms with E-state index < -0.39 is 41.8 Å². The quantitative estimate of drug-likeness (QED) is 0.604. The molecule has 8 nitrogen and oxygen atoms in total. The van der Waals surface area contributed by atoms with Gasteiger partial charge in [-0.2, -0.15) is 0 Å². The van der Waals surface area contributed by atoms with Gasteiger partial charge < -0.3 is 15.3 Å². The molecule has 3 N–H and O–H groups in total. The Morgan fingerprint density at radius 1 is 1.29 bits per heavy atom. The largest absolute Gasteiger partial charge is 0.481 e. The number of imide groups is 1. The van der Waals surface area contributed by atoms with Crippen molar-refractivity contribution in [3.63, 3.8) is 0 Å². The topological polar surface area (TPSA) is 116 Å². The third-order valence-corrected chi connectivity index (χ3v) is 4.08. The molecule has 0 aromatic rings. The SMILES string of the molecule is CC1C(=O)NC(=O)CN1C(=O)NC1CCCCC1C(=O)O. The monoisotopic (exact) mass is 297 g/mol. The number of carbonyl (C=O) groups excluding carboxylic acids is 3. The van der Waals surface area contributed by atoms with Crippen molar-refractivity contribution in [1.82, 2.24) is 15.5 Å². The number of aliphatic carboxylic acids is 1. The molecule has 1 saturated carbocycles. The number of amides is 4. The summed E-state index contributed by atoms with van der Waals surface area (Å²) in [6, 6.07) is -1.78. The number of rotatable bonds is 2. The van der Waals surface area contributed by atoms with Crippen LogP contribution in [0, 0.1) is 5.92 Å². The number of carbonyl (C=O) groups is 4. The summed E-state index contributed by atoms with van der Waals surface area (Å²) in [6.07, 6.45) is 2.79. The highest BCUT2D eigenvalue weighted by atomic mass is 16.4. The van der Waals surface area contributed by atoms with E-state index in [9.17, 15) is 24.3 Å². The fourth-order valence-corrected chi connectivity index (χ4v) is 2.80. The lowest BCUT2D eigenvalue weighted by Gasteiger charge is -2.35. The van der Waals surface area contributed by atoms with Crippen LogP contribution in [-0.4, -0.2) is 52.4 Å². The van der Waals surface area contributed by atoms with E-state index in [-0.39, 0.29) is 6.54 Å². The normalized spacial score (nSPS) is 29.8. The molecule has 3 unspecified atom stereocenters. The number of carboxylic acids is 1. The van der Waals surface area contributed by atoms with Crippen LogP contribution < -0.4 is 10.6 Å². The number of nitrogens with zero attached hydrogens (tertiary/aromatic N) is 1. The molecule has 0 bridgehead atoms. The van der Waals surface area contributed by atoms with E-state index >= 15 is 0 Å². The zero-order valence-corrected chi connectivity index (χ0v) is 11.8. The van der Waals surface area contributed by atoms with Gasteiger partial charge in [-0.05, 0) is 19.8 Å². The van der Waals surface area contributed by atoms with Crippen molar-refractivity contribution < 1.29 is 24.3 Å². The average Bonchev–Trinajstić information content (AvgIpc) is 2.43. The van der Waals surface area contributed by atoms with Crippen molar-refractivity contribution >= 4 is 23.8 Å². The maximum Gasteiger partial charge on any atom is 0.318 e. The molecule has 8 heteroatoms. The second kappa shape index (κ2) is 6.11. The second-order valence-electron chi connectivity index (χ2n) is 5.50. The molecule has 2 aliphatic rings. The van der Waals surface area contributed by atoms with Gasteiger partial charge in [0.15, 0.2) is 0 Å². The summed E-state index contributed by atoms with van der Waals surface area (Å²) in [7, 11) is 0. The molecule has 0 spiro atoms. The van der Waals surface area contributed by atoms with Crippen LogP contribution in [0.5, 0.6) is 0 Å². The van der Waals surface area contributed by atoms with E-state index in [1.165, 1.54) is 6.92 Å². The zero-order chi connectivity index (χ0) is 15.6. The van der Waals surface area contributed by atoms with Crippen molar-refractivity contribution in [2.75, 3.05) is 6.54 Å². The number of hydrogen-bond donors (Lipinski definition) is 3. The molecule has 4 amide bonds. The van der Waals surface area contributed by atoms with Gasteiger partial charge in [0, 0.05) is 6.04 Å². The van der Waals surface area contributed by atoms with Gasteiger partial charge in [-0.15, -0.1) is 0 Å². The summed E-state index contributed by atoms with van der Waals surface area (Å²) in [6.45, 7) is 1.32. The van der Waals surface area contributed by atoms with Crippen LogP contribution in [0.3, 0.4) is 0 Å². The maximum absolute atomic E-state index is 12.2. The Labute approximate surface area is 121 Å². The lowest BCUT2D eigenvalue weighted by Crippen LogP contribution is -2.62. The van der Waals surface area contributed by atoms with Crippen molar-refractivity contribution in [3.8, 4) is 0 Å². The van der Waals surface area contributed by atoms with E-state index in [0.717, 1.165) is 17.7 Å². The molecule has 116 valence electrons. The molecule has 1 aliphatic carbocycles. The van der Waals surface area contributed by atoms with Crippen LogP contribution in [0.4, 0.5) is 4.79 Å². The predicted molar refractivity (Wildman–Crippen MR) is 71.2 cm³/mol. The molecule has 0 aromatic heterocycles. The zero-order valence-electron chi connectivity index (χ0n) is 11.8. The highest BCUT2D eigenvalue weighted by molar-refractivity contribution is 6.03. The summed E-state index contributed by atoms with van der Waals surface area (Å²) in [5.74, 6) is -2.61. The highest BCUT2D eigenvalue weighted by Crippen LogP contribution is 2.25. The van der Waals surface area contributed by atoms with Gasteiger partial charge in [0.2, 0.25) is 11.8 Å². The Balaban J connectivity index is 2.04. The first kappa shape index (κ1) is 15.3. The van der Waals surface area contributed by atoms with E-state index in [1.807, 2.05) is 0 Å². The van der Waals surface area contributed by atoms with Gasteiger partial charge >= 0.3 is 12.0 Å². The Bertz CT molecular complexity index is 478. The summed E-state index contributed by atoms with van der Waals surface area (Å²) in [4.78, 5) is 47.5. The fraction of sp³-hybridized carbons (Fsp3) is 0.692. The van der Waals surface area contributed by atoms with E-state index in [4.69, 9.17) is 0 Å². The van der Waals surface area contributed by atoms with Gasteiger partial charge in [0.1, 0.15) is 12.6 Å². The summed E-state index contributed by atoms with van der Waals surface area (Å²) < 4.78 is 0. The summed E-state index contributed by atoms with van der Waals surface area (Å²) in [5, 5.41) is 14.0. The Kier molecular flexibility index (Phi) is 4.44. The molecule has 1 heterocycles. The van der Waals surface area contributed by atoms with Gasteiger partial charge in [-0.1, -0.05) is 12.8 Å². The van der Waals surface area contributed by atoms with Crippen molar-refractivity contribution in [2.45, 2.75) is 44.7 Å². The molecular weight excluding hydrogens is 278 g/mol. The van der Waals surface area contributed by atoms with Crippen LogP contribution in [0.25, 0.3) is 0 Å². The number of piperazine rings is 1. The van der Waals surface area contributed by atoms with Crippen LogP contribution >= 0.6 is 0 Å². The first-order chi connectivity index (χ1) is 9.90. The standard InChI is InChI=1S/C13H19N3O5/c1-7-11(18)15-10(17)6-16(7)13(21)14-9-5-3-2-4-8(9)12(19)20/h7-9H,2-6H2,1H3,(H,14,21)(H,19,20)(H,15,17,18). The minimum Gasteiger partial charge on any atom is -0.481 e. The fourth-order valence-electron chi connectivity index (χ4n) is 2.80. The second-order valence-corrected chi connectivity index (χ2v) is 5.50. The maximum atomic E-state index is 12.2. The van der Waals surface area contributed by atoms with Crippen LogP contribution in [0.15, 0.2) is 0 Å². The molecule has 2 rings (SSSR count). The lowest BCUT2D eigenvalue weighted by atomic mass is 9.84. The van der Waals surface area contributed by atoms with Crippen LogP contribution in [0.1, 0.15) is 32.6 Å². The van der Waals surface area contributed by atoms with Crippen LogP contribution in [-0.2, 0) is 14.4 Å². The van der Waals surface area contributed by atoms with E-state index in [1.54, 1.807) is 0 Å². The molecule has 2 fully saturated rings. The summed E-state index contributed by atoms with van der Waals surface area (Å²) >= 11 is 0. The highest BCUT2D eigenvalue weighted by Gasteiger charge is 2.37. The minimum absolute atomic E-state index is 0.205. The summed E-state index contributed by atoms with van der Waals surface area (Å²) in [5.41, 5.74) is 0.